The van der Waals surface area contributed by atoms with E-state index in [4.69, 9.17) is 9.47 Å². The summed E-state index contributed by atoms with van der Waals surface area (Å²) in [4.78, 5) is 12.1. The predicted octanol–water partition coefficient (Wildman–Crippen LogP) is 2.58. The molecule has 0 fully saturated rings. The van der Waals surface area contributed by atoms with Crippen molar-refractivity contribution >= 4 is 5.91 Å². The zero-order valence-corrected chi connectivity index (χ0v) is 12.3. The summed E-state index contributed by atoms with van der Waals surface area (Å²) in [5.41, 5.74) is 1.28. The van der Waals surface area contributed by atoms with Gasteiger partial charge in [0.25, 0.3) is 5.91 Å². The van der Waals surface area contributed by atoms with Crippen LogP contribution in [0.2, 0.25) is 0 Å². The summed E-state index contributed by atoms with van der Waals surface area (Å²) in [6.07, 6.45) is 1.28. The Hall–Kier alpha value is -2.49. The van der Waals surface area contributed by atoms with Crippen molar-refractivity contribution in [1.82, 2.24) is 5.32 Å². The molecule has 22 heavy (non-hydrogen) atoms. The fourth-order valence-electron chi connectivity index (χ4n) is 2.41. The average Bonchev–Trinajstić information content (AvgIpc) is 2.59. The summed E-state index contributed by atoms with van der Waals surface area (Å²) in [7, 11) is 0. The molecular weight excluding hydrogens is 278 g/mol. The third-order valence-corrected chi connectivity index (χ3v) is 3.59. The molecule has 0 aliphatic carbocycles. The molecule has 1 heterocycles. The molecule has 1 aliphatic rings. The van der Waals surface area contributed by atoms with Gasteiger partial charge in [-0.05, 0) is 30.5 Å². The second kappa shape index (κ2) is 6.98. The first kappa shape index (κ1) is 14.4. The van der Waals surface area contributed by atoms with Gasteiger partial charge in [0.1, 0.15) is 6.61 Å². The molecule has 0 saturated carbocycles. The van der Waals surface area contributed by atoms with Gasteiger partial charge in [-0.15, -0.1) is 0 Å². The Morgan fingerprint density at radius 3 is 2.59 bits per heavy atom. The van der Waals surface area contributed by atoms with Gasteiger partial charge in [0.15, 0.2) is 11.5 Å². The number of fused-ring (bicyclic) bond motifs is 1. The number of benzene rings is 2. The number of aryl methyl sites for hydroxylation is 1. The zero-order chi connectivity index (χ0) is 15.2. The highest BCUT2D eigenvalue weighted by molar-refractivity contribution is 5.81. The third-order valence-electron chi connectivity index (χ3n) is 3.59. The van der Waals surface area contributed by atoms with E-state index < -0.39 is 6.10 Å². The molecule has 114 valence electrons. The van der Waals surface area contributed by atoms with E-state index in [0.717, 1.165) is 12.8 Å². The van der Waals surface area contributed by atoms with Crippen LogP contribution in [0.3, 0.4) is 0 Å². The number of amides is 1. The predicted molar refractivity (Wildman–Crippen MR) is 84.1 cm³/mol. The smallest absolute Gasteiger partial charge is 0.264 e. The average molecular weight is 297 g/mol. The molecule has 0 aromatic heterocycles. The number of hydrogen-bond donors (Lipinski definition) is 1. The number of para-hydroxylation sites is 2. The minimum atomic E-state index is -0.577. The van der Waals surface area contributed by atoms with Crippen LogP contribution in [0.5, 0.6) is 11.5 Å². The first-order chi connectivity index (χ1) is 10.8. The molecular formula is C18H19NO3. The topological polar surface area (TPSA) is 47.6 Å². The maximum Gasteiger partial charge on any atom is 0.264 e. The summed E-state index contributed by atoms with van der Waals surface area (Å²) >= 11 is 0. The number of ether oxygens (including phenoxy) is 2. The summed E-state index contributed by atoms with van der Waals surface area (Å²) in [6.45, 7) is 0.886. The van der Waals surface area contributed by atoms with Gasteiger partial charge in [-0.1, -0.05) is 42.5 Å². The Morgan fingerprint density at radius 1 is 1.05 bits per heavy atom. The van der Waals surface area contributed by atoms with Crippen molar-refractivity contribution in [3.63, 3.8) is 0 Å². The lowest BCUT2D eigenvalue weighted by molar-refractivity contribution is -0.130. The number of nitrogens with one attached hydrogen (secondary N) is 1. The van der Waals surface area contributed by atoms with Crippen LogP contribution >= 0.6 is 0 Å². The number of rotatable bonds is 5. The molecule has 0 saturated heterocycles. The van der Waals surface area contributed by atoms with Gasteiger partial charge in [-0.2, -0.15) is 0 Å². The van der Waals surface area contributed by atoms with Gasteiger partial charge in [0.2, 0.25) is 6.10 Å². The minimum Gasteiger partial charge on any atom is -0.485 e. The molecule has 0 radical (unpaired) electrons. The fourth-order valence-corrected chi connectivity index (χ4v) is 2.41. The van der Waals surface area contributed by atoms with Crippen molar-refractivity contribution < 1.29 is 14.3 Å². The highest BCUT2D eigenvalue weighted by Gasteiger charge is 2.26. The maximum atomic E-state index is 12.1. The van der Waals surface area contributed by atoms with Crippen molar-refractivity contribution in [3.8, 4) is 11.5 Å². The molecule has 4 nitrogen and oxygen atoms in total. The molecule has 1 N–H and O–H groups in total. The highest BCUT2D eigenvalue weighted by atomic mass is 16.6. The van der Waals surface area contributed by atoms with Crippen molar-refractivity contribution in [2.75, 3.05) is 13.2 Å². The highest BCUT2D eigenvalue weighted by Crippen LogP contribution is 2.30. The minimum absolute atomic E-state index is 0.123. The van der Waals surface area contributed by atoms with Crippen LogP contribution < -0.4 is 14.8 Å². The summed E-state index contributed by atoms with van der Waals surface area (Å²) in [5, 5.41) is 2.91. The van der Waals surface area contributed by atoms with E-state index in [1.54, 1.807) is 0 Å². The van der Waals surface area contributed by atoms with Crippen LogP contribution in [0, 0.1) is 0 Å². The van der Waals surface area contributed by atoms with Crippen molar-refractivity contribution in [3.05, 3.63) is 60.2 Å². The molecule has 0 spiro atoms. The lowest BCUT2D eigenvalue weighted by atomic mass is 10.1. The van der Waals surface area contributed by atoms with Gasteiger partial charge >= 0.3 is 0 Å². The van der Waals surface area contributed by atoms with Gasteiger partial charge in [-0.3, -0.25) is 4.79 Å². The van der Waals surface area contributed by atoms with E-state index in [2.05, 4.69) is 17.4 Å². The van der Waals surface area contributed by atoms with E-state index >= 15 is 0 Å². The third kappa shape index (κ3) is 3.58. The lowest BCUT2D eigenvalue weighted by Gasteiger charge is -2.25. The molecule has 4 heteroatoms. The Kier molecular flexibility index (Phi) is 4.59. The van der Waals surface area contributed by atoms with Crippen LogP contribution in [-0.2, 0) is 11.2 Å². The number of hydrogen-bond acceptors (Lipinski definition) is 3. The second-order valence-corrected chi connectivity index (χ2v) is 5.24. The Bertz CT molecular complexity index is 627. The molecule has 1 aliphatic heterocycles. The Labute approximate surface area is 130 Å². The molecule has 3 rings (SSSR count). The lowest BCUT2D eigenvalue weighted by Crippen LogP contribution is -2.44. The van der Waals surface area contributed by atoms with Crippen LogP contribution in [0.4, 0.5) is 0 Å². The standard InChI is InChI=1S/C18H19NO3/c20-18(19-12-6-9-14-7-2-1-3-8-14)17-13-21-15-10-4-5-11-16(15)22-17/h1-5,7-8,10-11,17H,6,9,12-13H2,(H,19,20)/t17-/m0/s1. The molecule has 0 bridgehead atoms. The first-order valence-corrected chi connectivity index (χ1v) is 7.53. The molecule has 2 aromatic rings. The summed E-state index contributed by atoms with van der Waals surface area (Å²) in [6, 6.07) is 17.6. The van der Waals surface area contributed by atoms with Crippen molar-refractivity contribution in [2.45, 2.75) is 18.9 Å². The van der Waals surface area contributed by atoms with Gasteiger partial charge in [-0.25, -0.2) is 0 Å². The van der Waals surface area contributed by atoms with Gasteiger partial charge in [0, 0.05) is 6.54 Å². The maximum absolute atomic E-state index is 12.1. The zero-order valence-electron chi connectivity index (χ0n) is 12.3. The van der Waals surface area contributed by atoms with Crippen LogP contribution in [0.1, 0.15) is 12.0 Å². The van der Waals surface area contributed by atoms with Gasteiger partial charge < -0.3 is 14.8 Å². The number of carbonyl (C=O) groups is 1. The van der Waals surface area contributed by atoms with E-state index in [0.29, 0.717) is 18.0 Å². The quantitative estimate of drug-likeness (QED) is 0.863. The molecule has 1 amide bonds. The molecule has 0 unspecified atom stereocenters. The summed E-state index contributed by atoms with van der Waals surface area (Å²) < 4.78 is 11.2. The Balaban J connectivity index is 1.43. The SMILES string of the molecule is O=C(NCCCc1ccccc1)[C@@H]1COc2ccccc2O1. The Morgan fingerprint density at radius 2 is 1.77 bits per heavy atom. The van der Waals surface area contributed by atoms with Crippen LogP contribution in [0.25, 0.3) is 0 Å². The van der Waals surface area contributed by atoms with E-state index in [1.807, 2.05) is 42.5 Å². The van der Waals surface area contributed by atoms with E-state index in [-0.39, 0.29) is 12.5 Å². The van der Waals surface area contributed by atoms with Crippen LogP contribution in [0.15, 0.2) is 54.6 Å². The van der Waals surface area contributed by atoms with Crippen molar-refractivity contribution in [1.29, 1.82) is 0 Å². The van der Waals surface area contributed by atoms with E-state index in [9.17, 15) is 4.79 Å². The van der Waals surface area contributed by atoms with E-state index in [1.165, 1.54) is 5.56 Å². The molecule has 1 atom stereocenters. The normalized spacial score (nSPS) is 16.1. The second-order valence-electron chi connectivity index (χ2n) is 5.24. The fraction of sp³-hybridized carbons (Fsp3) is 0.278. The number of carbonyl (C=O) groups excluding carboxylic acids is 1. The largest absolute Gasteiger partial charge is 0.485 e. The first-order valence-electron chi connectivity index (χ1n) is 7.53. The van der Waals surface area contributed by atoms with Crippen molar-refractivity contribution in [2.24, 2.45) is 0 Å². The summed E-state index contributed by atoms with van der Waals surface area (Å²) in [5.74, 6) is 1.19. The molecule has 2 aromatic carbocycles. The monoisotopic (exact) mass is 297 g/mol. The van der Waals surface area contributed by atoms with Gasteiger partial charge in [0.05, 0.1) is 0 Å². The van der Waals surface area contributed by atoms with Crippen LogP contribution in [-0.4, -0.2) is 25.2 Å².